The van der Waals surface area contributed by atoms with Gasteiger partial charge in [0.2, 0.25) is 5.82 Å². The molecule has 104 valence electrons. The first-order chi connectivity index (χ1) is 9.49. The Morgan fingerprint density at radius 1 is 1.15 bits per heavy atom. The van der Waals surface area contributed by atoms with E-state index in [9.17, 15) is 14.5 Å². The summed E-state index contributed by atoms with van der Waals surface area (Å²) in [6.07, 6.45) is 0. The number of hydrogen-bond acceptors (Lipinski definition) is 3. The van der Waals surface area contributed by atoms with Crippen molar-refractivity contribution in [3.05, 3.63) is 64.0 Å². The molecule has 2 rings (SSSR count). The molecule has 2 aromatic carbocycles. The van der Waals surface area contributed by atoms with Gasteiger partial charge in [-0.15, -0.1) is 0 Å². The molecule has 0 saturated heterocycles. The molecule has 0 aromatic heterocycles. The fourth-order valence-electron chi connectivity index (χ4n) is 1.80. The third-order valence-electron chi connectivity index (χ3n) is 2.91. The molecule has 0 amide bonds. The van der Waals surface area contributed by atoms with Crippen molar-refractivity contribution in [1.82, 2.24) is 0 Å². The summed E-state index contributed by atoms with van der Waals surface area (Å²) in [5.41, 5.74) is 0.730. The van der Waals surface area contributed by atoms with Gasteiger partial charge in [0.05, 0.1) is 9.82 Å². The van der Waals surface area contributed by atoms with Crippen LogP contribution in [0.15, 0.2) is 52.3 Å². The van der Waals surface area contributed by atoms with Crippen molar-refractivity contribution >= 4 is 17.4 Å². The number of para-hydroxylation sites is 1. The maximum Gasteiger partial charge on any atom is 0.318 e. The van der Waals surface area contributed by atoms with Crippen LogP contribution < -0.4 is 0 Å². The topological polar surface area (TPSA) is 43.1 Å². The standard InChI is InChI=1S/C15H14FNO2S/c1-10(2)11-6-8-12(9-7-11)20-14-5-3-4-13(16)15(14)17(18)19/h3-10H,1-2H3. The van der Waals surface area contributed by atoms with Crippen LogP contribution in [0.5, 0.6) is 0 Å². The molecule has 0 fully saturated rings. The van der Waals surface area contributed by atoms with Gasteiger partial charge in [0, 0.05) is 4.90 Å². The van der Waals surface area contributed by atoms with Gasteiger partial charge < -0.3 is 0 Å². The molecule has 0 atom stereocenters. The van der Waals surface area contributed by atoms with Gasteiger partial charge in [0.25, 0.3) is 0 Å². The van der Waals surface area contributed by atoms with Crippen molar-refractivity contribution in [2.45, 2.75) is 29.6 Å². The van der Waals surface area contributed by atoms with E-state index >= 15 is 0 Å². The Hall–Kier alpha value is -1.88. The third-order valence-corrected chi connectivity index (χ3v) is 3.96. The highest BCUT2D eigenvalue weighted by Crippen LogP contribution is 2.36. The Morgan fingerprint density at radius 3 is 2.35 bits per heavy atom. The minimum Gasteiger partial charge on any atom is -0.258 e. The molecule has 0 radical (unpaired) electrons. The molecule has 0 heterocycles. The summed E-state index contributed by atoms with van der Waals surface area (Å²) in [4.78, 5) is 11.4. The maximum atomic E-state index is 13.5. The van der Waals surface area contributed by atoms with Crippen LogP contribution in [0.1, 0.15) is 25.3 Å². The van der Waals surface area contributed by atoms with Crippen LogP contribution in [0.25, 0.3) is 0 Å². The van der Waals surface area contributed by atoms with Crippen molar-refractivity contribution in [3.63, 3.8) is 0 Å². The number of nitrogens with zero attached hydrogens (tertiary/aromatic N) is 1. The smallest absolute Gasteiger partial charge is 0.258 e. The molecular formula is C15H14FNO2S. The molecule has 0 unspecified atom stereocenters. The van der Waals surface area contributed by atoms with Gasteiger partial charge in [-0.3, -0.25) is 10.1 Å². The third kappa shape index (κ3) is 3.17. The van der Waals surface area contributed by atoms with Gasteiger partial charge in [-0.25, -0.2) is 0 Å². The maximum absolute atomic E-state index is 13.5. The first-order valence-corrected chi connectivity index (χ1v) is 7.01. The predicted octanol–water partition coefficient (Wildman–Crippen LogP) is 5.01. The SMILES string of the molecule is CC(C)c1ccc(Sc2cccc(F)c2[N+](=O)[O-])cc1. The molecule has 3 nitrogen and oxygen atoms in total. The number of rotatable bonds is 4. The predicted molar refractivity (Wildman–Crippen MR) is 77.7 cm³/mol. The molecule has 20 heavy (non-hydrogen) atoms. The summed E-state index contributed by atoms with van der Waals surface area (Å²) in [5, 5.41) is 10.9. The highest BCUT2D eigenvalue weighted by molar-refractivity contribution is 7.99. The highest BCUT2D eigenvalue weighted by atomic mass is 32.2. The second-order valence-electron chi connectivity index (χ2n) is 4.67. The Bertz CT molecular complexity index is 626. The Balaban J connectivity index is 2.30. The van der Waals surface area contributed by atoms with Crippen molar-refractivity contribution in [3.8, 4) is 0 Å². The zero-order valence-corrected chi connectivity index (χ0v) is 12.0. The Morgan fingerprint density at radius 2 is 1.80 bits per heavy atom. The van der Waals surface area contributed by atoms with Crippen LogP contribution in [-0.4, -0.2) is 4.92 Å². The summed E-state index contributed by atoms with van der Waals surface area (Å²) < 4.78 is 13.5. The van der Waals surface area contributed by atoms with Crippen LogP contribution >= 0.6 is 11.8 Å². The molecule has 5 heteroatoms. The van der Waals surface area contributed by atoms with Crippen molar-refractivity contribution in [2.24, 2.45) is 0 Å². The molecule has 0 N–H and O–H groups in total. The Labute approximate surface area is 121 Å². The summed E-state index contributed by atoms with van der Waals surface area (Å²) in [6.45, 7) is 4.19. The summed E-state index contributed by atoms with van der Waals surface area (Å²) in [5.74, 6) is -0.378. The second kappa shape index (κ2) is 6.05. The van der Waals surface area contributed by atoms with Crippen LogP contribution in [0.2, 0.25) is 0 Å². The van der Waals surface area contributed by atoms with E-state index in [1.807, 2.05) is 24.3 Å². The normalized spacial score (nSPS) is 10.8. The molecule has 0 spiro atoms. The number of halogens is 1. The van der Waals surface area contributed by atoms with E-state index in [-0.39, 0.29) is 0 Å². The minimum absolute atomic E-state index is 0.312. The molecular weight excluding hydrogens is 277 g/mol. The molecule has 0 aliphatic carbocycles. The van der Waals surface area contributed by atoms with E-state index in [0.717, 1.165) is 11.0 Å². The van der Waals surface area contributed by atoms with Crippen molar-refractivity contribution in [1.29, 1.82) is 0 Å². The lowest BCUT2D eigenvalue weighted by Crippen LogP contribution is -1.94. The second-order valence-corrected chi connectivity index (χ2v) is 5.78. The first kappa shape index (κ1) is 14.5. The fourth-order valence-corrected chi connectivity index (χ4v) is 2.74. The number of nitro benzene ring substituents is 1. The lowest BCUT2D eigenvalue weighted by molar-refractivity contribution is -0.390. The lowest BCUT2D eigenvalue weighted by Gasteiger charge is -2.07. The van der Waals surface area contributed by atoms with E-state index < -0.39 is 16.4 Å². The van der Waals surface area contributed by atoms with Gasteiger partial charge in [0.1, 0.15) is 0 Å². The van der Waals surface area contributed by atoms with Crippen molar-refractivity contribution < 1.29 is 9.31 Å². The highest BCUT2D eigenvalue weighted by Gasteiger charge is 2.20. The summed E-state index contributed by atoms with van der Waals surface area (Å²) in [7, 11) is 0. The van der Waals surface area contributed by atoms with Gasteiger partial charge in [-0.05, 0) is 35.7 Å². The quantitative estimate of drug-likeness (QED) is 0.587. The van der Waals surface area contributed by atoms with E-state index in [2.05, 4.69) is 13.8 Å². The van der Waals surface area contributed by atoms with Crippen LogP contribution in [0, 0.1) is 15.9 Å². The van der Waals surface area contributed by atoms with E-state index in [0.29, 0.717) is 10.8 Å². The number of benzene rings is 2. The van der Waals surface area contributed by atoms with Gasteiger partial charge >= 0.3 is 5.69 Å². The first-order valence-electron chi connectivity index (χ1n) is 6.19. The average Bonchev–Trinajstić information content (AvgIpc) is 2.39. The average molecular weight is 291 g/mol. The summed E-state index contributed by atoms with van der Waals surface area (Å²) in [6, 6.07) is 11.9. The van der Waals surface area contributed by atoms with Crippen molar-refractivity contribution in [2.75, 3.05) is 0 Å². The van der Waals surface area contributed by atoms with E-state index in [4.69, 9.17) is 0 Å². The largest absolute Gasteiger partial charge is 0.318 e. The van der Waals surface area contributed by atoms with Crippen LogP contribution in [-0.2, 0) is 0 Å². The molecule has 0 saturated carbocycles. The van der Waals surface area contributed by atoms with Gasteiger partial charge in [0.15, 0.2) is 0 Å². The van der Waals surface area contributed by atoms with Gasteiger partial charge in [-0.1, -0.05) is 43.8 Å². The molecule has 0 aliphatic heterocycles. The summed E-state index contributed by atoms with van der Waals surface area (Å²) >= 11 is 1.20. The zero-order valence-electron chi connectivity index (χ0n) is 11.2. The van der Waals surface area contributed by atoms with Crippen LogP contribution in [0.4, 0.5) is 10.1 Å². The molecule has 2 aromatic rings. The van der Waals surface area contributed by atoms with E-state index in [1.165, 1.54) is 23.4 Å². The zero-order chi connectivity index (χ0) is 14.7. The molecule has 0 aliphatic rings. The minimum atomic E-state index is -0.807. The fraction of sp³-hybridized carbons (Fsp3) is 0.200. The lowest BCUT2D eigenvalue weighted by atomic mass is 10.0. The van der Waals surface area contributed by atoms with Gasteiger partial charge in [-0.2, -0.15) is 4.39 Å². The van der Waals surface area contributed by atoms with Crippen LogP contribution in [0.3, 0.4) is 0 Å². The number of hydrogen-bond donors (Lipinski definition) is 0. The van der Waals surface area contributed by atoms with E-state index in [1.54, 1.807) is 6.07 Å². The Kier molecular flexibility index (Phi) is 4.39. The molecule has 0 bridgehead atoms. The number of nitro groups is 1. The monoisotopic (exact) mass is 291 g/mol.